The van der Waals surface area contributed by atoms with E-state index in [2.05, 4.69) is 4.98 Å². The van der Waals surface area contributed by atoms with Crippen LogP contribution in [0.4, 0.5) is 4.39 Å². The Morgan fingerprint density at radius 3 is 2.57 bits per heavy atom. The molecule has 1 amide bonds. The molecule has 1 heterocycles. The van der Waals surface area contributed by atoms with Crippen LogP contribution in [-0.2, 0) is 11.2 Å². The first-order valence-corrected chi connectivity index (χ1v) is 8.06. The minimum Gasteiger partial charge on any atom is -0.336 e. The van der Waals surface area contributed by atoms with E-state index >= 15 is 0 Å². The van der Waals surface area contributed by atoms with Crippen LogP contribution in [0.2, 0.25) is 0 Å². The molecule has 0 bridgehead atoms. The second-order valence-electron chi connectivity index (χ2n) is 5.58. The summed E-state index contributed by atoms with van der Waals surface area (Å²) in [5.74, 6) is -0.133. The smallest absolute Gasteiger partial charge is 0.223 e. The van der Waals surface area contributed by atoms with E-state index in [0.29, 0.717) is 13.0 Å². The van der Waals surface area contributed by atoms with Crippen molar-refractivity contribution in [3.63, 3.8) is 0 Å². The van der Waals surface area contributed by atoms with Gasteiger partial charge in [0.15, 0.2) is 0 Å². The van der Waals surface area contributed by atoms with E-state index in [9.17, 15) is 9.18 Å². The SMILES string of the molecule is CCN(C(=O)CCCc1ccccn1)C(C)c1ccc(F)cc1. The third-order valence-electron chi connectivity index (χ3n) is 4.03. The first kappa shape index (κ1) is 17.1. The maximum absolute atomic E-state index is 13.0. The lowest BCUT2D eigenvalue weighted by Crippen LogP contribution is -2.33. The number of halogens is 1. The Bertz CT molecular complexity index is 613. The van der Waals surface area contributed by atoms with Gasteiger partial charge >= 0.3 is 0 Å². The summed E-state index contributed by atoms with van der Waals surface area (Å²) in [4.78, 5) is 18.6. The van der Waals surface area contributed by atoms with Crippen molar-refractivity contribution in [1.29, 1.82) is 0 Å². The Kier molecular flexibility index (Phi) is 6.27. The lowest BCUT2D eigenvalue weighted by molar-refractivity contribution is -0.133. The Labute approximate surface area is 137 Å². The molecule has 0 spiro atoms. The number of amides is 1. The lowest BCUT2D eigenvalue weighted by Gasteiger charge is -2.28. The molecular formula is C19H23FN2O. The number of rotatable bonds is 7. The number of aromatic nitrogens is 1. The van der Waals surface area contributed by atoms with E-state index in [4.69, 9.17) is 0 Å². The zero-order valence-electron chi connectivity index (χ0n) is 13.7. The fraction of sp³-hybridized carbons (Fsp3) is 0.368. The Balaban J connectivity index is 1.91. The molecule has 0 saturated carbocycles. The molecule has 1 atom stereocenters. The summed E-state index contributed by atoms with van der Waals surface area (Å²) in [6.07, 6.45) is 3.85. The molecule has 122 valence electrons. The number of pyridine rings is 1. The average Bonchev–Trinajstić information content (AvgIpc) is 2.57. The molecular weight excluding hydrogens is 291 g/mol. The van der Waals surface area contributed by atoms with Crippen molar-refractivity contribution in [2.75, 3.05) is 6.54 Å². The maximum Gasteiger partial charge on any atom is 0.223 e. The van der Waals surface area contributed by atoms with Crippen molar-refractivity contribution >= 4 is 5.91 Å². The molecule has 1 aromatic carbocycles. The van der Waals surface area contributed by atoms with Gasteiger partial charge in [0.2, 0.25) is 5.91 Å². The molecule has 2 rings (SSSR count). The lowest BCUT2D eigenvalue weighted by atomic mass is 10.1. The number of hydrogen-bond donors (Lipinski definition) is 0. The molecule has 1 unspecified atom stereocenters. The summed E-state index contributed by atoms with van der Waals surface area (Å²) in [5.41, 5.74) is 1.96. The standard InChI is InChI=1S/C19H23FN2O/c1-3-22(15(2)16-10-12-17(20)13-11-16)19(23)9-6-8-18-7-4-5-14-21-18/h4-5,7,10-15H,3,6,8-9H2,1-2H3. The van der Waals surface area contributed by atoms with Gasteiger partial charge in [-0.05, 0) is 56.5 Å². The van der Waals surface area contributed by atoms with Gasteiger partial charge in [0.25, 0.3) is 0 Å². The number of aryl methyl sites for hydroxylation is 1. The molecule has 0 N–H and O–H groups in total. The monoisotopic (exact) mass is 314 g/mol. The minimum atomic E-state index is -0.259. The van der Waals surface area contributed by atoms with Gasteiger partial charge in [0, 0.05) is 24.9 Å². The van der Waals surface area contributed by atoms with Crippen molar-refractivity contribution < 1.29 is 9.18 Å². The van der Waals surface area contributed by atoms with Crippen LogP contribution < -0.4 is 0 Å². The van der Waals surface area contributed by atoms with Crippen LogP contribution in [0, 0.1) is 5.82 Å². The topological polar surface area (TPSA) is 33.2 Å². The summed E-state index contributed by atoms with van der Waals surface area (Å²) in [5, 5.41) is 0. The zero-order valence-corrected chi connectivity index (χ0v) is 13.7. The number of hydrogen-bond acceptors (Lipinski definition) is 2. The molecule has 3 nitrogen and oxygen atoms in total. The molecule has 1 aromatic heterocycles. The van der Waals surface area contributed by atoms with E-state index in [0.717, 1.165) is 24.1 Å². The first-order valence-electron chi connectivity index (χ1n) is 8.06. The van der Waals surface area contributed by atoms with Crippen molar-refractivity contribution in [3.05, 3.63) is 65.7 Å². The highest BCUT2D eigenvalue weighted by Gasteiger charge is 2.19. The summed E-state index contributed by atoms with van der Waals surface area (Å²) >= 11 is 0. The largest absolute Gasteiger partial charge is 0.336 e. The Morgan fingerprint density at radius 1 is 1.22 bits per heavy atom. The summed E-state index contributed by atoms with van der Waals surface area (Å²) in [6.45, 7) is 4.59. The van der Waals surface area contributed by atoms with Crippen molar-refractivity contribution in [2.24, 2.45) is 0 Å². The predicted octanol–water partition coefficient (Wildman–Crippen LogP) is 4.15. The predicted molar refractivity (Wildman–Crippen MR) is 89.4 cm³/mol. The first-order chi connectivity index (χ1) is 11.1. The minimum absolute atomic E-state index is 0.0528. The fourth-order valence-corrected chi connectivity index (χ4v) is 2.70. The fourth-order valence-electron chi connectivity index (χ4n) is 2.70. The van der Waals surface area contributed by atoms with Gasteiger partial charge in [-0.2, -0.15) is 0 Å². The van der Waals surface area contributed by atoms with E-state index in [1.807, 2.05) is 36.9 Å². The van der Waals surface area contributed by atoms with E-state index in [1.54, 1.807) is 18.3 Å². The van der Waals surface area contributed by atoms with E-state index < -0.39 is 0 Å². The van der Waals surface area contributed by atoms with Crippen molar-refractivity contribution in [2.45, 2.75) is 39.2 Å². The summed E-state index contributed by atoms with van der Waals surface area (Å²) < 4.78 is 13.0. The van der Waals surface area contributed by atoms with Crippen LogP contribution in [-0.4, -0.2) is 22.3 Å². The third-order valence-corrected chi connectivity index (χ3v) is 4.03. The summed E-state index contributed by atoms with van der Waals surface area (Å²) in [6, 6.07) is 12.1. The molecule has 4 heteroatoms. The van der Waals surface area contributed by atoms with Gasteiger partial charge in [0.05, 0.1) is 6.04 Å². The Hall–Kier alpha value is -2.23. The number of carbonyl (C=O) groups excluding carboxylic acids is 1. The highest BCUT2D eigenvalue weighted by Crippen LogP contribution is 2.21. The van der Waals surface area contributed by atoms with Crippen molar-refractivity contribution in [1.82, 2.24) is 9.88 Å². The molecule has 2 aromatic rings. The molecule has 0 aliphatic rings. The number of nitrogens with zero attached hydrogens (tertiary/aromatic N) is 2. The zero-order chi connectivity index (χ0) is 16.7. The van der Waals surface area contributed by atoms with Crippen LogP contribution >= 0.6 is 0 Å². The highest BCUT2D eigenvalue weighted by molar-refractivity contribution is 5.76. The van der Waals surface area contributed by atoms with E-state index in [-0.39, 0.29) is 17.8 Å². The summed E-state index contributed by atoms with van der Waals surface area (Å²) in [7, 11) is 0. The molecule has 23 heavy (non-hydrogen) atoms. The van der Waals surface area contributed by atoms with Crippen LogP contribution in [0.15, 0.2) is 48.7 Å². The second-order valence-corrected chi connectivity index (χ2v) is 5.58. The van der Waals surface area contributed by atoms with Crippen LogP contribution in [0.3, 0.4) is 0 Å². The van der Waals surface area contributed by atoms with Crippen LogP contribution in [0.25, 0.3) is 0 Å². The van der Waals surface area contributed by atoms with Crippen molar-refractivity contribution in [3.8, 4) is 0 Å². The van der Waals surface area contributed by atoms with Crippen LogP contribution in [0.5, 0.6) is 0 Å². The maximum atomic E-state index is 13.0. The number of carbonyl (C=O) groups is 1. The molecule has 0 saturated heterocycles. The van der Waals surface area contributed by atoms with Gasteiger partial charge in [-0.3, -0.25) is 9.78 Å². The molecule has 0 fully saturated rings. The van der Waals surface area contributed by atoms with Gasteiger partial charge in [-0.25, -0.2) is 4.39 Å². The highest BCUT2D eigenvalue weighted by atomic mass is 19.1. The number of benzene rings is 1. The van der Waals surface area contributed by atoms with E-state index in [1.165, 1.54) is 12.1 Å². The van der Waals surface area contributed by atoms with Gasteiger partial charge in [0.1, 0.15) is 5.82 Å². The normalized spacial score (nSPS) is 12.0. The molecule has 0 radical (unpaired) electrons. The van der Waals surface area contributed by atoms with Gasteiger partial charge in [-0.15, -0.1) is 0 Å². The molecule has 0 aliphatic carbocycles. The van der Waals surface area contributed by atoms with Gasteiger partial charge < -0.3 is 4.90 Å². The van der Waals surface area contributed by atoms with Gasteiger partial charge in [-0.1, -0.05) is 18.2 Å². The quantitative estimate of drug-likeness (QED) is 0.769. The second kappa shape index (κ2) is 8.42. The average molecular weight is 314 g/mol. The molecule has 0 aliphatic heterocycles. The third kappa shape index (κ3) is 4.88. The Morgan fingerprint density at radius 2 is 1.96 bits per heavy atom. The van der Waals surface area contributed by atoms with Crippen LogP contribution in [0.1, 0.15) is 44.0 Å².